The first-order valence-electron chi connectivity index (χ1n) is 7.55. The standard InChI is InChI=1S/C17H15F3N4O/c1-9(11-3-5-12(6-4-11)17(18,19)20)13-7-15(24-23-13)14-8-16(25)22-10(2)21-14/h3-9H,1-2H3,(H,23,24)(H,21,22,25)/t9-/m1/s1. The zero-order valence-corrected chi connectivity index (χ0v) is 13.5. The fourth-order valence-corrected chi connectivity index (χ4v) is 2.54. The van der Waals surface area contributed by atoms with E-state index in [4.69, 9.17) is 0 Å². The summed E-state index contributed by atoms with van der Waals surface area (Å²) in [5, 5.41) is 7.02. The van der Waals surface area contributed by atoms with Crippen LogP contribution in [0.4, 0.5) is 13.2 Å². The van der Waals surface area contributed by atoms with Crippen molar-refractivity contribution in [3.8, 4) is 11.4 Å². The van der Waals surface area contributed by atoms with Gasteiger partial charge in [0.15, 0.2) is 0 Å². The highest BCUT2D eigenvalue weighted by atomic mass is 19.4. The van der Waals surface area contributed by atoms with E-state index in [1.807, 2.05) is 6.92 Å². The van der Waals surface area contributed by atoms with Crippen molar-refractivity contribution >= 4 is 0 Å². The summed E-state index contributed by atoms with van der Waals surface area (Å²) in [6, 6.07) is 8.09. The lowest BCUT2D eigenvalue weighted by Crippen LogP contribution is -2.08. The molecular formula is C17H15F3N4O. The number of rotatable bonds is 3. The van der Waals surface area contributed by atoms with Crippen LogP contribution in [0.3, 0.4) is 0 Å². The topological polar surface area (TPSA) is 74.4 Å². The van der Waals surface area contributed by atoms with Crippen LogP contribution >= 0.6 is 0 Å². The minimum absolute atomic E-state index is 0.213. The molecule has 0 spiro atoms. The van der Waals surface area contributed by atoms with Gasteiger partial charge in [-0.3, -0.25) is 9.89 Å². The summed E-state index contributed by atoms with van der Waals surface area (Å²) in [4.78, 5) is 18.3. The van der Waals surface area contributed by atoms with Crippen molar-refractivity contribution in [2.24, 2.45) is 0 Å². The Labute approximate surface area is 141 Å². The maximum Gasteiger partial charge on any atom is 0.416 e. The second kappa shape index (κ2) is 6.19. The number of nitrogens with one attached hydrogen (secondary N) is 2. The molecule has 2 heterocycles. The molecule has 1 aromatic carbocycles. The lowest BCUT2D eigenvalue weighted by atomic mass is 9.96. The molecule has 0 saturated carbocycles. The van der Waals surface area contributed by atoms with Crippen molar-refractivity contribution in [3.05, 3.63) is 69.4 Å². The Morgan fingerprint density at radius 2 is 1.80 bits per heavy atom. The van der Waals surface area contributed by atoms with Crippen LogP contribution in [-0.4, -0.2) is 20.2 Å². The zero-order chi connectivity index (χ0) is 18.2. The lowest BCUT2D eigenvalue weighted by Gasteiger charge is -2.11. The number of hydrogen-bond donors (Lipinski definition) is 2. The lowest BCUT2D eigenvalue weighted by molar-refractivity contribution is -0.137. The molecule has 0 aliphatic carbocycles. The van der Waals surface area contributed by atoms with E-state index in [0.717, 1.165) is 12.1 Å². The Hall–Kier alpha value is -2.90. The van der Waals surface area contributed by atoms with Crippen LogP contribution in [-0.2, 0) is 6.18 Å². The van der Waals surface area contributed by atoms with Crippen molar-refractivity contribution in [1.29, 1.82) is 0 Å². The van der Waals surface area contributed by atoms with Crippen molar-refractivity contribution in [2.75, 3.05) is 0 Å². The van der Waals surface area contributed by atoms with Crippen LogP contribution in [0, 0.1) is 6.92 Å². The van der Waals surface area contributed by atoms with Crippen molar-refractivity contribution in [3.63, 3.8) is 0 Å². The number of H-pyrrole nitrogens is 2. The molecule has 25 heavy (non-hydrogen) atoms. The number of aromatic amines is 2. The third kappa shape index (κ3) is 3.62. The molecule has 0 amide bonds. The van der Waals surface area contributed by atoms with Gasteiger partial charge in [-0.1, -0.05) is 19.1 Å². The van der Waals surface area contributed by atoms with Crippen molar-refractivity contribution in [1.82, 2.24) is 20.2 Å². The maximum absolute atomic E-state index is 12.6. The van der Waals surface area contributed by atoms with E-state index in [2.05, 4.69) is 20.2 Å². The first-order valence-corrected chi connectivity index (χ1v) is 7.55. The highest BCUT2D eigenvalue weighted by molar-refractivity contribution is 5.54. The quantitative estimate of drug-likeness (QED) is 0.759. The van der Waals surface area contributed by atoms with E-state index >= 15 is 0 Å². The van der Waals surface area contributed by atoms with E-state index in [-0.39, 0.29) is 11.5 Å². The molecule has 0 bridgehead atoms. The van der Waals surface area contributed by atoms with Gasteiger partial charge in [0, 0.05) is 12.0 Å². The number of hydrogen-bond acceptors (Lipinski definition) is 3. The summed E-state index contributed by atoms with van der Waals surface area (Å²) < 4.78 is 37.9. The first-order chi connectivity index (χ1) is 11.7. The predicted octanol–water partition coefficient (Wildman–Crippen LogP) is 3.64. The predicted molar refractivity (Wildman–Crippen MR) is 86.1 cm³/mol. The summed E-state index contributed by atoms with van der Waals surface area (Å²) in [6.07, 6.45) is -4.36. The number of alkyl halides is 3. The summed E-state index contributed by atoms with van der Waals surface area (Å²) in [7, 11) is 0. The smallest absolute Gasteiger partial charge is 0.311 e. The molecule has 3 aromatic rings. The van der Waals surface area contributed by atoms with Gasteiger partial charge in [-0.25, -0.2) is 4.98 Å². The molecule has 2 N–H and O–H groups in total. The summed E-state index contributed by atoms with van der Waals surface area (Å²) in [5.41, 5.74) is 1.43. The highest BCUT2D eigenvalue weighted by Crippen LogP contribution is 2.31. The summed E-state index contributed by atoms with van der Waals surface area (Å²) in [6.45, 7) is 3.52. The van der Waals surface area contributed by atoms with Gasteiger partial charge < -0.3 is 4.98 Å². The maximum atomic E-state index is 12.6. The molecule has 0 saturated heterocycles. The zero-order valence-electron chi connectivity index (χ0n) is 13.5. The van der Waals surface area contributed by atoms with Crippen molar-refractivity contribution < 1.29 is 13.2 Å². The minimum Gasteiger partial charge on any atom is -0.311 e. The Bertz CT molecular complexity index is 942. The number of benzene rings is 1. The van der Waals surface area contributed by atoms with E-state index in [9.17, 15) is 18.0 Å². The van der Waals surface area contributed by atoms with Gasteiger partial charge in [0.25, 0.3) is 5.56 Å². The van der Waals surface area contributed by atoms with Crippen LogP contribution in [0.2, 0.25) is 0 Å². The molecular weight excluding hydrogens is 333 g/mol. The number of aromatic nitrogens is 4. The van der Waals surface area contributed by atoms with Crippen LogP contribution in [0.15, 0.2) is 41.2 Å². The van der Waals surface area contributed by atoms with Crippen LogP contribution in [0.25, 0.3) is 11.4 Å². The van der Waals surface area contributed by atoms with Gasteiger partial charge in [0.1, 0.15) is 5.82 Å². The van der Waals surface area contributed by atoms with E-state index in [1.165, 1.54) is 18.2 Å². The molecule has 0 aliphatic rings. The average Bonchev–Trinajstić information content (AvgIpc) is 3.02. The molecule has 1 atom stereocenters. The second-order valence-electron chi connectivity index (χ2n) is 5.76. The van der Waals surface area contributed by atoms with Gasteiger partial charge in [0.2, 0.25) is 0 Å². The largest absolute Gasteiger partial charge is 0.416 e. The Morgan fingerprint density at radius 3 is 2.40 bits per heavy atom. The fourth-order valence-electron chi connectivity index (χ4n) is 2.54. The third-order valence-corrected chi connectivity index (χ3v) is 3.92. The molecule has 0 fully saturated rings. The second-order valence-corrected chi connectivity index (χ2v) is 5.76. The SMILES string of the molecule is Cc1nc(-c2cc([C@H](C)c3ccc(C(F)(F)F)cc3)n[nH]2)cc(=O)[nH]1. The molecule has 0 aliphatic heterocycles. The Morgan fingerprint density at radius 1 is 1.12 bits per heavy atom. The molecule has 0 unspecified atom stereocenters. The highest BCUT2D eigenvalue weighted by Gasteiger charge is 2.30. The molecule has 8 heteroatoms. The monoisotopic (exact) mass is 348 g/mol. The van der Waals surface area contributed by atoms with Crippen molar-refractivity contribution in [2.45, 2.75) is 25.9 Å². The van der Waals surface area contributed by atoms with Gasteiger partial charge in [0.05, 0.1) is 22.6 Å². The Balaban J connectivity index is 1.87. The number of halogens is 3. The minimum atomic E-state index is -4.36. The Kier molecular flexibility index (Phi) is 4.20. The van der Waals surface area contributed by atoms with E-state index in [1.54, 1.807) is 13.0 Å². The van der Waals surface area contributed by atoms with Gasteiger partial charge in [-0.15, -0.1) is 0 Å². The van der Waals surface area contributed by atoms with Gasteiger partial charge in [-0.2, -0.15) is 18.3 Å². The van der Waals surface area contributed by atoms with Gasteiger partial charge in [-0.05, 0) is 30.7 Å². The van der Waals surface area contributed by atoms with Gasteiger partial charge >= 0.3 is 6.18 Å². The van der Waals surface area contributed by atoms with E-state index in [0.29, 0.717) is 28.5 Å². The molecule has 0 radical (unpaired) electrons. The normalized spacial score (nSPS) is 13.0. The summed E-state index contributed by atoms with van der Waals surface area (Å²) >= 11 is 0. The molecule has 5 nitrogen and oxygen atoms in total. The molecule has 130 valence electrons. The third-order valence-electron chi connectivity index (χ3n) is 3.92. The van der Waals surface area contributed by atoms with Crippen LogP contribution in [0.1, 0.15) is 35.5 Å². The summed E-state index contributed by atoms with van der Waals surface area (Å²) in [5.74, 6) is 0.268. The fraction of sp³-hybridized carbons (Fsp3) is 0.235. The molecule has 2 aromatic heterocycles. The molecule has 3 rings (SSSR count). The average molecular weight is 348 g/mol. The van der Waals surface area contributed by atoms with E-state index < -0.39 is 11.7 Å². The van der Waals surface area contributed by atoms with Crippen LogP contribution in [0.5, 0.6) is 0 Å². The number of nitrogens with zero attached hydrogens (tertiary/aromatic N) is 2. The number of aryl methyl sites for hydroxylation is 1. The first kappa shape index (κ1) is 16.9. The van der Waals surface area contributed by atoms with Crippen LogP contribution < -0.4 is 5.56 Å².